The maximum Gasteiger partial charge on any atom is 0.262 e. The molecule has 0 bridgehead atoms. The van der Waals surface area contributed by atoms with E-state index in [1.165, 1.54) is 0 Å². The molecule has 9 heteroatoms. The summed E-state index contributed by atoms with van der Waals surface area (Å²) < 4.78 is 10.8. The normalized spacial score (nSPS) is 14.2. The van der Waals surface area contributed by atoms with E-state index in [0.29, 0.717) is 0 Å². The predicted octanol–water partition coefficient (Wildman–Crippen LogP) is -1.44. The molecule has 16 heavy (non-hydrogen) atoms. The van der Waals surface area contributed by atoms with Crippen molar-refractivity contribution in [2.45, 2.75) is 6.42 Å². The summed E-state index contributed by atoms with van der Waals surface area (Å²) >= 11 is 0. The minimum absolute atomic E-state index is 0.238. The van der Waals surface area contributed by atoms with Gasteiger partial charge in [-0.05, 0) is 0 Å². The van der Waals surface area contributed by atoms with E-state index in [4.69, 9.17) is 15.2 Å². The van der Waals surface area contributed by atoms with Crippen LogP contribution in [0.5, 0.6) is 0 Å². The summed E-state index contributed by atoms with van der Waals surface area (Å²) in [6.45, 7) is -0.265. The van der Waals surface area contributed by atoms with Crippen molar-refractivity contribution in [3.63, 3.8) is 0 Å². The van der Waals surface area contributed by atoms with Crippen LogP contribution in [0, 0.1) is 0 Å². The number of hydrogen-bond donors (Lipinski definition) is 4. The summed E-state index contributed by atoms with van der Waals surface area (Å²) in [4.78, 5) is 30.7. The fraction of sp³-hybridized carbons (Fsp3) is 0.714. The van der Waals surface area contributed by atoms with Crippen LogP contribution < -0.4 is 5.32 Å². The first-order valence-corrected chi connectivity index (χ1v) is 6.54. The van der Waals surface area contributed by atoms with Crippen molar-refractivity contribution in [2.75, 3.05) is 26.5 Å². The smallest absolute Gasteiger partial charge is 0.262 e. The van der Waals surface area contributed by atoms with Gasteiger partial charge in [0.2, 0.25) is 11.4 Å². The lowest BCUT2D eigenvalue weighted by Gasteiger charge is -2.15. The van der Waals surface area contributed by atoms with Crippen LogP contribution in [-0.4, -0.2) is 58.2 Å². The number of aliphatic hydroxyl groups excluding tert-OH is 1. The molecule has 0 aromatic carbocycles. The van der Waals surface area contributed by atoms with Gasteiger partial charge >= 0.3 is 0 Å². The standard InChI is InChI=1S/C7H15N2O6P/c1-16(14,15)7(12)4-8-5-9(13)6(11)2-3-10/h8,10,13H,2-5H2,1H3,(H,14,15). The zero-order valence-corrected chi connectivity index (χ0v) is 9.68. The number of aliphatic hydroxyl groups is 1. The number of carbonyl (C=O) groups excluding carboxylic acids is 2. The number of carbonyl (C=O) groups is 2. The second-order valence-corrected chi connectivity index (χ2v) is 5.38. The second kappa shape index (κ2) is 6.72. The molecule has 94 valence electrons. The highest BCUT2D eigenvalue weighted by molar-refractivity contribution is 7.74. The van der Waals surface area contributed by atoms with Gasteiger partial charge in [-0.15, -0.1) is 0 Å². The van der Waals surface area contributed by atoms with Crippen molar-refractivity contribution in [1.29, 1.82) is 0 Å². The summed E-state index contributed by atoms with van der Waals surface area (Å²) in [6.07, 6.45) is -0.238. The van der Waals surface area contributed by atoms with E-state index in [2.05, 4.69) is 5.32 Å². The molecule has 0 rings (SSSR count). The van der Waals surface area contributed by atoms with Gasteiger partial charge in [-0.25, -0.2) is 5.06 Å². The summed E-state index contributed by atoms with van der Waals surface area (Å²) in [5.74, 6) is -0.717. The lowest BCUT2D eigenvalue weighted by Crippen LogP contribution is -2.38. The maximum absolute atomic E-state index is 10.9. The first-order chi connectivity index (χ1) is 7.29. The highest BCUT2D eigenvalue weighted by atomic mass is 31.2. The summed E-state index contributed by atoms with van der Waals surface area (Å²) in [5.41, 5.74) is -0.893. The first kappa shape index (κ1) is 15.2. The van der Waals surface area contributed by atoms with Crippen LogP contribution in [-0.2, 0) is 14.2 Å². The number of nitrogens with one attached hydrogen (secondary N) is 1. The number of rotatable bonds is 7. The third-order valence-electron chi connectivity index (χ3n) is 1.61. The Kier molecular flexibility index (Phi) is 6.39. The predicted molar refractivity (Wildman–Crippen MR) is 54.0 cm³/mol. The van der Waals surface area contributed by atoms with Gasteiger partial charge in [0, 0.05) is 6.66 Å². The van der Waals surface area contributed by atoms with Gasteiger partial charge in [-0.2, -0.15) is 0 Å². The van der Waals surface area contributed by atoms with E-state index in [-0.39, 0.29) is 18.2 Å². The monoisotopic (exact) mass is 254 g/mol. The Hall–Kier alpha value is -0.790. The van der Waals surface area contributed by atoms with Crippen LogP contribution in [0.4, 0.5) is 0 Å². The average molecular weight is 254 g/mol. The molecule has 0 saturated carbocycles. The number of nitrogens with zero attached hydrogens (tertiary/aromatic N) is 1. The fourth-order valence-electron chi connectivity index (χ4n) is 0.728. The number of amides is 1. The molecule has 0 radical (unpaired) electrons. The third-order valence-corrected chi connectivity index (χ3v) is 2.70. The molecule has 1 unspecified atom stereocenters. The molecular weight excluding hydrogens is 239 g/mol. The van der Waals surface area contributed by atoms with E-state index in [0.717, 1.165) is 6.66 Å². The van der Waals surface area contributed by atoms with E-state index in [1.807, 2.05) is 0 Å². The molecule has 4 N–H and O–H groups in total. The quantitative estimate of drug-likeness (QED) is 0.189. The largest absolute Gasteiger partial charge is 0.396 e. The lowest BCUT2D eigenvalue weighted by atomic mass is 10.4. The van der Waals surface area contributed by atoms with Gasteiger partial charge in [0.05, 0.1) is 26.2 Å². The van der Waals surface area contributed by atoms with Crippen molar-refractivity contribution in [3.05, 3.63) is 0 Å². The van der Waals surface area contributed by atoms with Crippen molar-refractivity contribution in [1.82, 2.24) is 10.4 Å². The molecule has 0 aromatic heterocycles. The molecule has 0 saturated heterocycles. The molecule has 8 nitrogen and oxygen atoms in total. The molecule has 0 aliphatic carbocycles. The van der Waals surface area contributed by atoms with Crippen molar-refractivity contribution in [2.24, 2.45) is 0 Å². The van der Waals surface area contributed by atoms with Crippen molar-refractivity contribution >= 4 is 18.8 Å². The molecule has 1 atom stereocenters. The fourth-order valence-corrected chi connectivity index (χ4v) is 1.13. The van der Waals surface area contributed by atoms with Crippen molar-refractivity contribution < 1.29 is 29.4 Å². The SMILES string of the molecule is CP(=O)(O)C(=O)CNCN(O)C(=O)CCO. The van der Waals surface area contributed by atoms with E-state index < -0.39 is 32.0 Å². The highest BCUT2D eigenvalue weighted by Crippen LogP contribution is 2.35. The summed E-state index contributed by atoms with van der Waals surface area (Å²) in [6, 6.07) is 0. The van der Waals surface area contributed by atoms with Gasteiger partial charge in [0.1, 0.15) is 0 Å². The van der Waals surface area contributed by atoms with Crippen LogP contribution in [0.15, 0.2) is 0 Å². The lowest BCUT2D eigenvalue weighted by molar-refractivity contribution is -0.167. The zero-order chi connectivity index (χ0) is 12.8. The summed E-state index contributed by atoms with van der Waals surface area (Å²) in [7, 11) is -3.78. The van der Waals surface area contributed by atoms with E-state index >= 15 is 0 Å². The highest BCUT2D eigenvalue weighted by Gasteiger charge is 2.21. The van der Waals surface area contributed by atoms with Crippen LogP contribution in [0.3, 0.4) is 0 Å². The minimum Gasteiger partial charge on any atom is -0.396 e. The average Bonchev–Trinajstić information content (AvgIpc) is 2.16. The minimum atomic E-state index is -3.78. The van der Waals surface area contributed by atoms with Crippen molar-refractivity contribution in [3.8, 4) is 0 Å². The number of hydrogen-bond acceptors (Lipinski definition) is 6. The Balaban J connectivity index is 3.87. The molecule has 0 fully saturated rings. The molecular formula is C7H15N2O6P. The topological polar surface area (TPSA) is 127 Å². The molecule has 0 aromatic rings. The Labute approximate surface area is 92.3 Å². The third kappa shape index (κ3) is 5.94. The Bertz CT molecular complexity index is 301. The van der Waals surface area contributed by atoms with Gasteiger partial charge in [0.25, 0.3) is 7.37 Å². The van der Waals surface area contributed by atoms with Gasteiger partial charge in [-0.3, -0.25) is 24.7 Å². The molecule has 1 amide bonds. The van der Waals surface area contributed by atoms with E-state index in [1.54, 1.807) is 0 Å². The van der Waals surface area contributed by atoms with Gasteiger partial charge in [0.15, 0.2) is 0 Å². The Morgan fingerprint density at radius 2 is 2.00 bits per heavy atom. The van der Waals surface area contributed by atoms with Gasteiger partial charge in [-0.1, -0.05) is 0 Å². The molecule has 0 aliphatic heterocycles. The van der Waals surface area contributed by atoms with E-state index in [9.17, 15) is 14.2 Å². The van der Waals surface area contributed by atoms with Crippen LogP contribution >= 0.6 is 7.37 Å². The van der Waals surface area contributed by atoms with Gasteiger partial charge < -0.3 is 10.00 Å². The first-order valence-electron chi connectivity index (χ1n) is 4.43. The number of hydroxylamine groups is 2. The second-order valence-electron chi connectivity index (χ2n) is 3.12. The van der Waals surface area contributed by atoms with Crippen LogP contribution in [0.1, 0.15) is 6.42 Å². The molecule has 0 heterocycles. The summed E-state index contributed by atoms with van der Waals surface area (Å²) in [5, 5.41) is 20.0. The Morgan fingerprint density at radius 1 is 1.44 bits per heavy atom. The zero-order valence-electron chi connectivity index (χ0n) is 8.79. The molecule has 0 aliphatic rings. The van der Waals surface area contributed by atoms with Crippen LogP contribution in [0.25, 0.3) is 0 Å². The van der Waals surface area contributed by atoms with Crippen LogP contribution in [0.2, 0.25) is 0 Å². The Morgan fingerprint density at radius 3 is 2.44 bits per heavy atom. The molecule has 0 spiro atoms. The maximum atomic E-state index is 10.9.